The predicted molar refractivity (Wildman–Crippen MR) is 67.0 cm³/mol. The minimum atomic E-state index is -0.0991. The second-order valence-electron chi connectivity index (χ2n) is 4.09. The van der Waals surface area contributed by atoms with Gasteiger partial charge in [0, 0.05) is 12.6 Å². The molecule has 96 valence electrons. The molecule has 0 radical (unpaired) electrons. The smallest absolute Gasteiger partial charge is 0.307 e. The van der Waals surface area contributed by atoms with Crippen molar-refractivity contribution in [3.63, 3.8) is 0 Å². The van der Waals surface area contributed by atoms with Gasteiger partial charge in [0.1, 0.15) is 0 Å². The highest BCUT2D eigenvalue weighted by Crippen LogP contribution is 2.07. The Morgan fingerprint density at radius 2 is 2.06 bits per heavy atom. The molecule has 4 nitrogen and oxygen atoms in total. The summed E-state index contributed by atoms with van der Waals surface area (Å²) in [5.74, 6) is -0.0991. The molecular formula is C11H23ClN2O2. The molecule has 0 aromatic rings. The second-order valence-corrected chi connectivity index (χ2v) is 4.09. The topological polar surface area (TPSA) is 41.6 Å². The fraction of sp³-hybridized carbons (Fsp3) is 0.909. The van der Waals surface area contributed by atoms with Crippen LogP contribution < -0.4 is 5.32 Å². The normalized spacial score (nSPS) is 17.9. The Hall–Kier alpha value is -0.320. The van der Waals surface area contributed by atoms with Crippen molar-refractivity contribution in [2.45, 2.75) is 32.2 Å². The summed E-state index contributed by atoms with van der Waals surface area (Å²) in [4.78, 5) is 13.4. The van der Waals surface area contributed by atoms with Gasteiger partial charge in [-0.1, -0.05) is 0 Å². The highest BCUT2D eigenvalue weighted by molar-refractivity contribution is 5.85. The van der Waals surface area contributed by atoms with Crippen molar-refractivity contribution in [2.75, 3.05) is 33.3 Å². The van der Waals surface area contributed by atoms with Crippen LogP contribution in [0.5, 0.6) is 0 Å². The minimum Gasteiger partial charge on any atom is -0.466 e. The van der Waals surface area contributed by atoms with Gasteiger partial charge in [0.25, 0.3) is 0 Å². The highest BCUT2D eigenvalue weighted by atomic mass is 35.5. The average Bonchev–Trinajstić information content (AvgIpc) is 2.21. The maximum Gasteiger partial charge on any atom is 0.307 e. The Labute approximate surface area is 104 Å². The van der Waals surface area contributed by atoms with E-state index in [9.17, 15) is 4.79 Å². The van der Waals surface area contributed by atoms with Gasteiger partial charge in [0.05, 0.1) is 13.0 Å². The fourth-order valence-corrected chi connectivity index (χ4v) is 1.82. The number of nitrogens with one attached hydrogen (secondary N) is 1. The molecule has 1 heterocycles. The first-order valence-corrected chi connectivity index (χ1v) is 5.80. The summed E-state index contributed by atoms with van der Waals surface area (Å²) >= 11 is 0. The maximum atomic E-state index is 11.1. The average molecular weight is 251 g/mol. The molecule has 0 atom stereocenters. The molecule has 1 fully saturated rings. The first-order valence-electron chi connectivity index (χ1n) is 5.80. The zero-order valence-corrected chi connectivity index (χ0v) is 11.0. The number of rotatable bonds is 5. The Kier molecular flexibility index (Phi) is 8.61. The SMILES string of the molecule is CCOC(=O)CCNC1CCN(C)CC1.Cl. The van der Waals surface area contributed by atoms with Crippen LogP contribution in [0.25, 0.3) is 0 Å². The zero-order valence-electron chi connectivity index (χ0n) is 10.2. The van der Waals surface area contributed by atoms with Gasteiger partial charge in [0.2, 0.25) is 0 Å². The third-order valence-electron chi connectivity index (χ3n) is 2.79. The lowest BCUT2D eigenvalue weighted by Crippen LogP contribution is -2.41. The molecular weight excluding hydrogens is 228 g/mol. The molecule has 0 bridgehead atoms. The van der Waals surface area contributed by atoms with Crippen LogP contribution in [0.15, 0.2) is 0 Å². The van der Waals surface area contributed by atoms with Crippen LogP contribution in [0.2, 0.25) is 0 Å². The summed E-state index contributed by atoms with van der Waals surface area (Å²) in [7, 11) is 2.15. The van der Waals surface area contributed by atoms with Crippen LogP contribution in [0.3, 0.4) is 0 Å². The quantitative estimate of drug-likeness (QED) is 0.741. The molecule has 0 amide bonds. The molecule has 0 spiro atoms. The number of hydrogen-bond acceptors (Lipinski definition) is 4. The number of nitrogens with zero attached hydrogens (tertiary/aromatic N) is 1. The van der Waals surface area contributed by atoms with Crippen molar-refractivity contribution in [1.82, 2.24) is 10.2 Å². The third kappa shape index (κ3) is 6.30. The number of piperidine rings is 1. The van der Waals surface area contributed by atoms with Gasteiger partial charge in [0.15, 0.2) is 0 Å². The van der Waals surface area contributed by atoms with E-state index in [4.69, 9.17) is 4.74 Å². The molecule has 0 saturated carbocycles. The van der Waals surface area contributed by atoms with E-state index in [0.717, 1.165) is 19.6 Å². The van der Waals surface area contributed by atoms with Crippen molar-refractivity contribution in [1.29, 1.82) is 0 Å². The molecule has 1 N–H and O–H groups in total. The van der Waals surface area contributed by atoms with E-state index in [0.29, 0.717) is 19.1 Å². The first kappa shape index (κ1) is 15.7. The van der Waals surface area contributed by atoms with Gasteiger partial charge in [-0.15, -0.1) is 12.4 Å². The van der Waals surface area contributed by atoms with Gasteiger partial charge in [-0.2, -0.15) is 0 Å². The molecule has 1 aliphatic rings. The van der Waals surface area contributed by atoms with Crippen molar-refractivity contribution in [2.24, 2.45) is 0 Å². The molecule has 0 aliphatic carbocycles. The molecule has 0 unspecified atom stereocenters. The van der Waals surface area contributed by atoms with Crippen LogP contribution in [-0.4, -0.2) is 50.2 Å². The van der Waals surface area contributed by atoms with Crippen molar-refractivity contribution in [3.05, 3.63) is 0 Å². The number of esters is 1. The largest absolute Gasteiger partial charge is 0.466 e. The van der Waals surface area contributed by atoms with E-state index in [2.05, 4.69) is 17.3 Å². The lowest BCUT2D eigenvalue weighted by molar-refractivity contribution is -0.143. The van der Waals surface area contributed by atoms with Gasteiger partial charge >= 0.3 is 5.97 Å². The lowest BCUT2D eigenvalue weighted by atomic mass is 10.1. The molecule has 16 heavy (non-hydrogen) atoms. The van der Waals surface area contributed by atoms with Gasteiger partial charge < -0.3 is 15.0 Å². The number of halogens is 1. The van der Waals surface area contributed by atoms with Gasteiger partial charge in [-0.25, -0.2) is 0 Å². The minimum absolute atomic E-state index is 0. The summed E-state index contributed by atoms with van der Waals surface area (Å²) < 4.78 is 4.86. The van der Waals surface area contributed by atoms with E-state index in [1.54, 1.807) is 0 Å². The molecule has 1 aliphatic heterocycles. The highest BCUT2D eigenvalue weighted by Gasteiger charge is 2.15. The summed E-state index contributed by atoms with van der Waals surface area (Å²) in [5, 5.41) is 3.40. The molecule has 0 aromatic heterocycles. The van der Waals surface area contributed by atoms with Crippen LogP contribution >= 0.6 is 12.4 Å². The van der Waals surface area contributed by atoms with Crippen LogP contribution in [0, 0.1) is 0 Å². The monoisotopic (exact) mass is 250 g/mol. The van der Waals surface area contributed by atoms with E-state index >= 15 is 0 Å². The first-order chi connectivity index (χ1) is 7.22. The summed E-state index contributed by atoms with van der Waals surface area (Å²) in [6.45, 7) is 5.36. The van der Waals surface area contributed by atoms with Crippen LogP contribution in [0.1, 0.15) is 26.2 Å². The number of hydrogen-bond donors (Lipinski definition) is 1. The van der Waals surface area contributed by atoms with Gasteiger partial charge in [-0.3, -0.25) is 4.79 Å². The standard InChI is InChI=1S/C11H22N2O2.ClH/c1-3-15-11(14)4-7-12-10-5-8-13(2)9-6-10;/h10,12H,3-9H2,1-2H3;1H. The Balaban J connectivity index is 0.00000225. The van der Waals surface area contributed by atoms with Crippen LogP contribution in [-0.2, 0) is 9.53 Å². The van der Waals surface area contributed by atoms with Crippen molar-refractivity contribution >= 4 is 18.4 Å². The third-order valence-corrected chi connectivity index (χ3v) is 2.79. The fourth-order valence-electron chi connectivity index (χ4n) is 1.82. The number of carbonyl (C=O) groups excluding carboxylic acids is 1. The summed E-state index contributed by atoms with van der Waals surface area (Å²) in [5.41, 5.74) is 0. The summed E-state index contributed by atoms with van der Waals surface area (Å²) in [6, 6.07) is 0.579. The van der Waals surface area contributed by atoms with E-state index in [1.165, 1.54) is 12.8 Å². The van der Waals surface area contributed by atoms with Crippen molar-refractivity contribution in [3.8, 4) is 0 Å². The maximum absolute atomic E-state index is 11.1. The number of likely N-dealkylation sites (tertiary alicyclic amines) is 1. The predicted octanol–water partition coefficient (Wildman–Crippen LogP) is 1.05. The Morgan fingerprint density at radius 1 is 1.44 bits per heavy atom. The number of carbonyl (C=O) groups is 1. The number of ether oxygens (including phenoxy) is 1. The summed E-state index contributed by atoms with van der Waals surface area (Å²) in [6.07, 6.45) is 2.85. The second kappa shape index (κ2) is 8.79. The molecule has 1 saturated heterocycles. The zero-order chi connectivity index (χ0) is 11.1. The van der Waals surface area contributed by atoms with Crippen LogP contribution in [0.4, 0.5) is 0 Å². The van der Waals surface area contributed by atoms with Crippen molar-refractivity contribution < 1.29 is 9.53 Å². The van der Waals surface area contributed by atoms with E-state index in [-0.39, 0.29) is 18.4 Å². The Morgan fingerprint density at radius 3 is 2.62 bits per heavy atom. The molecule has 0 aromatic carbocycles. The van der Waals surface area contributed by atoms with E-state index in [1.807, 2.05) is 6.92 Å². The Bertz CT molecular complexity index is 194. The molecule has 1 rings (SSSR count). The van der Waals surface area contributed by atoms with E-state index < -0.39 is 0 Å². The lowest BCUT2D eigenvalue weighted by Gasteiger charge is -2.29. The van der Waals surface area contributed by atoms with Gasteiger partial charge in [-0.05, 0) is 39.9 Å². The molecule has 5 heteroatoms.